The third-order valence-electron chi connectivity index (χ3n) is 3.90. The van der Waals surface area contributed by atoms with Gasteiger partial charge in [-0.15, -0.1) is 0 Å². The van der Waals surface area contributed by atoms with Gasteiger partial charge in [0.2, 0.25) is 5.91 Å². The maximum absolute atomic E-state index is 12.0. The molecule has 1 saturated heterocycles. The average Bonchev–Trinajstić information content (AvgIpc) is 2.91. The van der Waals surface area contributed by atoms with Crippen LogP contribution >= 0.6 is 0 Å². The number of nitrogens with one attached hydrogen (secondary N) is 2. The van der Waals surface area contributed by atoms with Crippen molar-refractivity contribution < 1.29 is 9.90 Å². The highest BCUT2D eigenvalue weighted by Gasteiger charge is 2.23. The predicted molar refractivity (Wildman–Crippen MR) is 79.8 cm³/mol. The number of benzene rings is 1. The average molecular weight is 288 g/mol. The number of β-amino-alcohol motifs (C(OH)–C–C–N with tert-alkyl or cyclic N) is 1. The number of rotatable bonds is 4. The molecule has 1 aromatic carbocycles. The molecule has 1 aliphatic heterocycles. The van der Waals surface area contributed by atoms with Gasteiger partial charge in [0.05, 0.1) is 29.5 Å². The first-order chi connectivity index (χ1) is 10.2. The van der Waals surface area contributed by atoms with Gasteiger partial charge in [0.25, 0.3) is 0 Å². The summed E-state index contributed by atoms with van der Waals surface area (Å²) in [5, 5.41) is 15.8. The molecule has 0 aliphatic carbocycles. The van der Waals surface area contributed by atoms with Gasteiger partial charge in [-0.1, -0.05) is 12.1 Å². The van der Waals surface area contributed by atoms with Crippen molar-refractivity contribution in [3.8, 4) is 0 Å². The number of carbonyl (C=O) groups excluding carboxylic acids is 1. The van der Waals surface area contributed by atoms with Crippen LogP contribution in [-0.2, 0) is 11.3 Å². The Balaban J connectivity index is 1.56. The zero-order valence-corrected chi connectivity index (χ0v) is 11.8. The quantitative estimate of drug-likeness (QED) is 0.754. The van der Waals surface area contributed by atoms with E-state index in [0.29, 0.717) is 19.5 Å². The summed E-state index contributed by atoms with van der Waals surface area (Å²) in [5.74, 6) is -0.0290. The van der Waals surface area contributed by atoms with E-state index < -0.39 is 6.10 Å². The lowest BCUT2D eigenvalue weighted by molar-refractivity contribution is -0.123. The standard InChI is InChI=1S/C15H20N4O2/c20-14-9-16-7-5-12(14)18-15(21)6-8-19-10-17-11-3-1-2-4-13(11)19/h1-4,10,12,14,16,20H,5-9H2,(H,18,21)/t12-,14-/m1/s1. The SMILES string of the molecule is O=C(CCn1cnc2ccccc21)N[C@@H]1CCNC[C@H]1O. The molecule has 0 radical (unpaired) electrons. The van der Waals surface area contributed by atoms with E-state index in [2.05, 4.69) is 15.6 Å². The second-order valence-electron chi connectivity index (χ2n) is 5.41. The molecule has 0 saturated carbocycles. The molecule has 0 bridgehead atoms. The number of para-hydroxylation sites is 2. The highest BCUT2D eigenvalue weighted by atomic mass is 16.3. The number of hydrogen-bond donors (Lipinski definition) is 3. The number of aryl methyl sites for hydroxylation is 1. The van der Waals surface area contributed by atoms with Crippen LogP contribution in [0.2, 0.25) is 0 Å². The first kappa shape index (κ1) is 14.0. The van der Waals surface area contributed by atoms with Gasteiger partial charge >= 0.3 is 0 Å². The Hall–Kier alpha value is -1.92. The monoisotopic (exact) mass is 288 g/mol. The van der Waals surface area contributed by atoms with Gasteiger partial charge in [-0.2, -0.15) is 0 Å². The summed E-state index contributed by atoms with van der Waals surface area (Å²) in [7, 11) is 0. The Kier molecular flexibility index (Phi) is 4.17. The van der Waals surface area contributed by atoms with Gasteiger partial charge in [-0.3, -0.25) is 4.79 Å². The zero-order valence-electron chi connectivity index (χ0n) is 11.8. The van der Waals surface area contributed by atoms with E-state index >= 15 is 0 Å². The fourth-order valence-corrected chi connectivity index (χ4v) is 2.70. The number of carbonyl (C=O) groups is 1. The first-order valence-corrected chi connectivity index (χ1v) is 7.32. The molecular formula is C15H20N4O2. The van der Waals surface area contributed by atoms with Gasteiger partial charge in [-0.25, -0.2) is 4.98 Å². The van der Waals surface area contributed by atoms with Crippen molar-refractivity contribution in [3.63, 3.8) is 0 Å². The topological polar surface area (TPSA) is 79.2 Å². The lowest BCUT2D eigenvalue weighted by Crippen LogP contribution is -2.52. The summed E-state index contributed by atoms with van der Waals surface area (Å²) in [5.41, 5.74) is 1.97. The Morgan fingerprint density at radius 2 is 2.33 bits per heavy atom. The van der Waals surface area contributed by atoms with Gasteiger partial charge in [-0.05, 0) is 25.1 Å². The summed E-state index contributed by atoms with van der Waals surface area (Å²) < 4.78 is 1.98. The minimum absolute atomic E-state index is 0.0290. The molecule has 1 fully saturated rings. The maximum Gasteiger partial charge on any atom is 0.222 e. The number of imidazole rings is 1. The fraction of sp³-hybridized carbons (Fsp3) is 0.467. The number of hydrogen-bond acceptors (Lipinski definition) is 4. The Morgan fingerprint density at radius 1 is 1.48 bits per heavy atom. The van der Waals surface area contributed by atoms with E-state index in [-0.39, 0.29) is 11.9 Å². The molecule has 2 atom stereocenters. The zero-order chi connectivity index (χ0) is 14.7. The van der Waals surface area contributed by atoms with E-state index in [9.17, 15) is 9.90 Å². The second kappa shape index (κ2) is 6.24. The van der Waals surface area contributed by atoms with Gasteiger partial charge < -0.3 is 20.3 Å². The van der Waals surface area contributed by atoms with Crippen LogP contribution in [0.5, 0.6) is 0 Å². The van der Waals surface area contributed by atoms with Crippen molar-refractivity contribution in [3.05, 3.63) is 30.6 Å². The largest absolute Gasteiger partial charge is 0.390 e. The summed E-state index contributed by atoms with van der Waals surface area (Å²) >= 11 is 0. The molecule has 0 unspecified atom stereocenters. The highest BCUT2D eigenvalue weighted by molar-refractivity contribution is 5.77. The molecule has 2 heterocycles. The van der Waals surface area contributed by atoms with Crippen molar-refractivity contribution in [1.29, 1.82) is 0 Å². The third-order valence-corrected chi connectivity index (χ3v) is 3.90. The summed E-state index contributed by atoms with van der Waals surface area (Å²) in [4.78, 5) is 16.3. The van der Waals surface area contributed by atoms with Crippen LogP contribution in [0.25, 0.3) is 11.0 Å². The number of aromatic nitrogens is 2. The molecule has 1 amide bonds. The lowest BCUT2D eigenvalue weighted by atomic mass is 10.0. The first-order valence-electron chi connectivity index (χ1n) is 7.32. The number of amides is 1. The van der Waals surface area contributed by atoms with Crippen molar-refractivity contribution >= 4 is 16.9 Å². The molecule has 3 N–H and O–H groups in total. The molecule has 2 aromatic rings. The van der Waals surface area contributed by atoms with Crippen LogP contribution in [0.1, 0.15) is 12.8 Å². The molecule has 6 heteroatoms. The van der Waals surface area contributed by atoms with Crippen LogP contribution in [0.3, 0.4) is 0 Å². The molecule has 1 aromatic heterocycles. The van der Waals surface area contributed by atoms with Gasteiger partial charge in [0.1, 0.15) is 0 Å². The van der Waals surface area contributed by atoms with Crippen molar-refractivity contribution in [2.75, 3.05) is 13.1 Å². The van der Waals surface area contributed by atoms with Crippen LogP contribution in [0, 0.1) is 0 Å². The highest BCUT2D eigenvalue weighted by Crippen LogP contribution is 2.12. The minimum Gasteiger partial charge on any atom is -0.390 e. The minimum atomic E-state index is -0.503. The van der Waals surface area contributed by atoms with Crippen molar-refractivity contribution in [2.45, 2.75) is 31.5 Å². The van der Waals surface area contributed by atoms with Crippen molar-refractivity contribution in [1.82, 2.24) is 20.2 Å². The van der Waals surface area contributed by atoms with E-state index in [0.717, 1.165) is 24.0 Å². The molecule has 21 heavy (non-hydrogen) atoms. The van der Waals surface area contributed by atoms with Crippen LogP contribution < -0.4 is 10.6 Å². The second-order valence-corrected chi connectivity index (χ2v) is 5.41. The van der Waals surface area contributed by atoms with E-state index in [1.807, 2.05) is 28.8 Å². The third kappa shape index (κ3) is 3.22. The number of nitrogens with zero attached hydrogens (tertiary/aromatic N) is 2. The Labute approximate surface area is 123 Å². The molecular weight excluding hydrogens is 268 g/mol. The van der Waals surface area contributed by atoms with E-state index in [4.69, 9.17) is 0 Å². The summed E-state index contributed by atoms with van der Waals surface area (Å²) in [6.07, 6.45) is 2.41. The Bertz CT molecular complexity index is 625. The van der Waals surface area contributed by atoms with Crippen LogP contribution in [0.15, 0.2) is 30.6 Å². The number of aliphatic hydroxyl groups excluding tert-OH is 1. The van der Waals surface area contributed by atoms with Gasteiger partial charge in [0.15, 0.2) is 0 Å². The molecule has 1 aliphatic rings. The summed E-state index contributed by atoms with van der Waals surface area (Å²) in [6, 6.07) is 7.73. The Morgan fingerprint density at radius 3 is 3.19 bits per heavy atom. The summed E-state index contributed by atoms with van der Waals surface area (Å²) in [6.45, 7) is 1.96. The van der Waals surface area contributed by atoms with Gasteiger partial charge in [0, 0.05) is 19.5 Å². The molecule has 112 valence electrons. The lowest BCUT2D eigenvalue weighted by Gasteiger charge is -2.29. The fourth-order valence-electron chi connectivity index (χ4n) is 2.70. The van der Waals surface area contributed by atoms with Crippen molar-refractivity contribution in [2.24, 2.45) is 0 Å². The number of aliphatic hydroxyl groups is 1. The smallest absolute Gasteiger partial charge is 0.222 e. The molecule has 3 rings (SSSR count). The van der Waals surface area contributed by atoms with Crippen LogP contribution in [0.4, 0.5) is 0 Å². The predicted octanol–water partition coefficient (Wildman–Crippen LogP) is 0.265. The van der Waals surface area contributed by atoms with E-state index in [1.165, 1.54) is 0 Å². The van der Waals surface area contributed by atoms with Crippen LogP contribution in [-0.4, -0.2) is 45.8 Å². The maximum atomic E-state index is 12.0. The normalized spacial score (nSPS) is 22.3. The number of fused-ring (bicyclic) bond motifs is 1. The number of piperidine rings is 1. The molecule has 0 spiro atoms. The molecule has 6 nitrogen and oxygen atoms in total. The van der Waals surface area contributed by atoms with E-state index in [1.54, 1.807) is 6.33 Å².